The zero-order valence-corrected chi connectivity index (χ0v) is 10.4. The topological polar surface area (TPSA) is 90.2 Å². The average Bonchev–Trinajstić information content (AvgIpc) is 2.29. The third-order valence-electron chi connectivity index (χ3n) is 3.43. The molecule has 0 saturated heterocycles. The van der Waals surface area contributed by atoms with E-state index in [1.54, 1.807) is 0 Å². The maximum Gasteiger partial charge on any atom is 0.306 e. The van der Waals surface area contributed by atoms with E-state index in [2.05, 4.69) is 0 Å². The van der Waals surface area contributed by atoms with E-state index in [4.69, 9.17) is 10.00 Å². The number of hydrogen-bond donors (Lipinski definition) is 0. The summed E-state index contributed by atoms with van der Waals surface area (Å²) in [6.45, 7) is 0.0801. The van der Waals surface area contributed by atoms with Gasteiger partial charge in [-0.25, -0.2) is 0 Å². The van der Waals surface area contributed by atoms with E-state index in [1.807, 2.05) is 6.07 Å². The van der Waals surface area contributed by atoms with Crippen LogP contribution in [-0.4, -0.2) is 18.5 Å². The molecule has 0 N–H and O–H groups in total. The molecule has 5 heteroatoms. The molecule has 0 radical (unpaired) electrons. The number of carbonyl (C=O) groups is 2. The van der Waals surface area contributed by atoms with Gasteiger partial charge in [-0.2, -0.15) is 5.26 Å². The summed E-state index contributed by atoms with van der Waals surface area (Å²) >= 11 is 0. The number of ether oxygens (including phenoxy) is 1. The van der Waals surface area contributed by atoms with Crippen molar-refractivity contribution in [2.75, 3.05) is 6.61 Å². The first-order valence-electron chi connectivity index (χ1n) is 6.30. The van der Waals surface area contributed by atoms with Crippen molar-refractivity contribution in [2.24, 2.45) is 5.41 Å². The van der Waals surface area contributed by atoms with Gasteiger partial charge in [0, 0.05) is 5.97 Å². The predicted octanol–water partition coefficient (Wildman–Crippen LogP) is 0.924. The van der Waals surface area contributed by atoms with Crippen LogP contribution < -0.4 is 5.11 Å². The van der Waals surface area contributed by atoms with Crippen LogP contribution in [0.3, 0.4) is 0 Å². The summed E-state index contributed by atoms with van der Waals surface area (Å²) in [5.74, 6) is -1.52. The van der Waals surface area contributed by atoms with Crippen LogP contribution >= 0.6 is 0 Å². The highest BCUT2D eigenvalue weighted by molar-refractivity contribution is 5.72. The van der Waals surface area contributed by atoms with Gasteiger partial charge < -0.3 is 14.6 Å². The lowest BCUT2D eigenvalue weighted by atomic mass is 9.70. The Morgan fingerprint density at radius 2 is 1.89 bits per heavy atom. The van der Waals surface area contributed by atoms with Crippen molar-refractivity contribution < 1.29 is 19.4 Å². The van der Waals surface area contributed by atoms with E-state index < -0.39 is 17.4 Å². The lowest BCUT2D eigenvalue weighted by Gasteiger charge is -2.36. The first kappa shape index (κ1) is 14.5. The average molecular weight is 252 g/mol. The second kappa shape index (κ2) is 7.00. The van der Waals surface area contributed by atoms with E-state index in [1.165, 1.54) is 0 Å². The van der Waals surface area contributed by atoms with Crippen LogP contribution in [-0.2, 0) is 14.3 Å². The molecule has 18 heavy (non-hydrogen) atoms. The quantitative estimate of drug-likeness (QED) is 0.518. The Labute approximate surface area is 107 Å². The molecule has 0 bridgehead atoms. The highest BCUT2D eigenvalue weighted by atomic mass is 16.5. The van der Waals surface area contributed by atoms with Crippen molar-refractivity contribution in [3.05, 3.63) is 0 Å². The lowest BCUT2D eigenvalue weighted by Crippen LogP contribution is -2.36. The van der Waals surface area contributed by atoms with Crippen molar-refractivity contribution in [1.29, 1.82) is 5.26 Å². The van der Waals surface area contributed by atoms with Crippen LogP contribution in [0.5, 0.6) is 0 Å². The molecule has 0 amide bonds. The molecule has 1 aliphatic rings. The second-order valence-electron chi connectivity index (χ2n) is 4.91. The van der Waals surface area contributed by atoms with Crippen molar-refractivity contribution in [3.63, 3.8) is 0 Å². The Morgan fingerprint density at radius 3 is 2.44 bits per heavy atom. The number of rotatable bonds is 6. The van der Waals surface area contributed by atoms with Gasteiger partial charge in [-0.15, -0.1) is 0 Å². The molecule has 0 spiro atoms. The Balaban J connectivity index is 2.52. The first-order valence-corrected chi connectivity index (χ1v) is 6.30. The summed E-state index contributed by atoms with van der Waals surface area (Å²) in [5, 5.41) is 19.2. The molecule has 1 rings (SSSR count). The van der Waals surface area contributed by atoms with E-state index >= 15 is 0 Å². The summed E-state index contributed by atoms with van der Waals surface area (Å²) in [6.07, 6.45) is 4.63. The van der Waals surface area contributed by atoms with Crippen LogP contribution in [0.25, 0.3) is 0 Å². The van der Waals surface area contributed by atoms with Gasteiger partial charge in [-0.3, -0.25) is 4.79 Å². The first-order chi connectivity index (χ1) is 8.58. The number of nitrogens with zero attached hydrogens (tertiary/aromatic N) is 1. The van der Waals surface area contributed by atoms with Crippen LogP contribution in [0.4, 0.5) is 0 Å². The smallest absolute Gasteiger partial charge is 0.306 e. The van der Waals surface area contributed by atoms with Gasteiger partial charge in [0.15, 0.2) is 0 Å². The van der Waals surface area contributed by atoms with E-state index in [0.29, 0.717) is 0 Å². The summed E-state index contributed by atoms with van der Waals surface area (Å²) in [4.78, 5) is 22.4. The highest BCUT2D eigenvalue weighted by Crippen LogP contribution is 2.42. The number of carbonyl (C=O) groups excluding carboxylic acids is 2. The molecular formula is C13H18NO4-. The molecule has 0 atom stereocenters. The maximum absolute atomic E-state index is 11.6. The number of hydrogen-bond acceptors (Lipinski definition) is 5. The number of aliphatic carboxylic acids is 1. The molecule has 1 aliphatic carbocycles. The molecule has 0 unspecified atom stereocenters. The number of carboxylic acids is 1. The van der Waals surface area contributed by atoms with Crippen molar-refractivity contribution >= 4 is 11.9 Å². The molecule has 1 fully saturated rings. The molecule has 100 valence electrons. The lowest BCUT2D eigenvalue weighted by molar-refractivity contribution is -0.308. The normalized spacial score (nSPS) is 17.7. The van der Waals surface area contributed by atoms with E-state index in [0.717, 1.165) is 32.1 Å². The van der Waals surface area contributed by atoms with Gasteiger partial charge in [0.1, 0.15) is 6.61 Å². The van der Waals surface area contributed by atoms with Crippen molar-refractivity contribution in [1.82, 2.24) is 0 Å². The van der Waals surface area contributed by atoms with E-state index in [9.17, 15) is 14.7 Å². The predicted molar refractivity (Wildman–Crippen MR) is 60.9 cm³/mol. The van der Waals surface area contributed by atoms with Gasteiger partial charge in [0.05, 0.1) is 18.9 Å². The number of carboxylic acid groups (broad SMARTS) is 1. The molecule has 1 saturated carbocycles. The summed E-state index contributed by atoms with van der Waals surface area (Å²) in [5.41, 5.74) is -0.499. The van der Waals surface area contributed by atoms with Gasteiger partial charge in [0.2, 0.25) is 0 Å². The SMILES string of the molecule is N#CCCOC(=O)CC1(CC(=O)[O-])CCCCC1. The Hall–Kier alpha value is -1.57. The largest absolute Gasteiger partial charge is 0.550 e. The molecule has 0 aromatic carbocycles. The van der Waals surface area contributed by atoms with Crippen LogP contribution in [0, 0.1) is 16.7 Å². The summed E-state index contributed by atoms with van der Waals surface area (Å²) in [6, 6.07) is 1.89. The summed E-state index contributed by atoms with van der Waals surface area (Å²) in [7, 11) is 0. The molecule has 5 nitrogen and oxygen atoms in total. The Morgan fingerprint density at radius 1 is 1.22 bits per heavy atom. The fraction of sp³-hybridized carbons (Fsp3) is 0.769. The molecule has 0 aromatic heterocycles. The molecule has 0 heterocycles. The van der Waals surface area contributed by atoms with Crippen LogP contribution in [0.15, 0.2) is 0 Å². The van der Waals surface area contributed by atoms with Crippen molar-refractivity contribution in [2.45, 2.75) is 51.4 Å². The molecule has 0 aliphatic heterocycles. The highest BCUT2D eigenvalue weighted by Gasteiger charge is 2.34. The van der Waals surface area contributed by atoms with Gasteiger partial charge in [0.25, 0.3) is 0 Å². The minimum absolute atomic E-state index is 0.0801. The Kier molecular flexibility index (Phi) is 5.63. The number of esters is 1. The fourth-order valence-corrected chi connectivity index (χ4v) is 2.59. The second-order valence-corrected chi connectivity index (χ2v) is 4.91. The maximum atomic E-state index is 11.6. The molecule has 0 aromatic rings. The molecular weight excluding hydrogens is 234 g/mol. The van der Waals surface area contributed by atoms with Crippen molar-refractivity contribution in [3.8, 4) is 6.07 Å². The van der Waals surface area contributed by atoms with Gasteiger partial charge in [-0.05, 0) is 24.7 Å². The summed E-state index contributed by atoms with van der Waals surface area (Å²) < 4.78 is 4.92. The van der Waals surface area contributed by atoms with Gasteiger partial charge >= 0.3 is 5.97 Å². The van der Waals surface area contributed by atoms with Gasteiger partial charge in [-0.1, -0.05) is 19.3 Å². The standard InChI is InChI=1S/C13H19NO4/c14-7-4-8-18-12(17)10-13(9-11(15)16)5-2-1-3-6-13/h1-6,8-10H2,(H,15,16)/p-1. The minimum Gasteiger partial charge on any atom is -0.550 e. The zero-order valence-electron chi connectivity index (χ0n) is 10.4. The van der Waals surface area contributed by atoms with Crippen LogP contribution in [0.1, 0.15) is 51.4 Å². The third-order valence-corrected chi connectivity index (χ3v) is 3.43. The Bertz CT molecular complexity index is 339. The number of nitriles is 1. The van der Waals surface area contributed by atoms with E-state index in [-0.39, 0.29) is 25.9 Å². The van der Waals surface area contributed by atoms with Crippen LogP contribution in [0.2, 0.25) is 0 Å². The fourth-order valence-electron chi connectivity index (χ4n) is 2.59. The zero-order chi connectivity index (χ0) is 13.4. The third kappa shape index (κ3) is 4.74. The monoisotopic (exact) mass is 252 g/mol. The minimum atomic E-state index is -1.11.